The van der Waals surface area contributed by atoms with Gasteiger partial charge in [-0.1, -0.05) is 12.1 Å². The van der Waals surface area contributed by atoms with Gasteiger partial charge in [-0.05, 0) is 68.8 Å². The van der Waals surface area contributed by atoms with Gasteiger partial charge in [-0.3, -0.25) is 9.48 Å². The average molecular weight is 389 g/mol. The van der Waals surface area contributed by atoms with E-state index in [9.17, 15) is 4.79 Å². The van der Waals surface area contributed by atoms with E-state index in [2.05, 4.69) is 35.5 Å². The molecule has 0 unspecified atom stereocenters. The Morgan fingerprint density at radius 2 is 1.85 bits per heavy atom. The fourth-order valence-electron chi connectivity index (χ4n) is 4.35. The third-order valence-corrected chi connectivity index (χ3v) is 6.08. The summed E-state index contributed by atoms with van der Waals surface area (Å²) >= 11 is 0. The molecule has 2 aliphatic rings. The first kappa shape index (κ1) is 19.9. The fourth-order valence-corrected chi connectivity index (χ4v) is 4.35. The first-order chi connectivity index (χ1) is 12.5. The van der Waals surface area contributed by atoms with E-state index >= 15 is 0 Å². The van der Waals surface area contributed by atoms with Crippen molar-refractivity contribution in [2.24, 2.45) is 5.41 Å². The number of hydrogen-bond acceptors (Lipinski definition) is 3. The maximum Gasteiger partial charge on any atom is 0.253 e. The van der Waals surface area contributed by atoms with E-state index in [0.717, 1.165) is 62.5 Å². The summed E-state index contributed by atoms with van der Waals surface area (Å²) in [6.07, 6.45) is 3.51. The number of hydrogen-bond donors (Lipinski definition) is 1. The summed E-state index contributed by atoms with van der Waals surface area (Å²) in [7, 11) is 0. The molecule has 0 radical (unpaired) electrons. The number of nitrogens with zero attached hydrogens (tertiary/aromatic N) is 3. The second-order valence-corrected chi connectivity index (χ2v) is 8.00. The molecular weight excluding hydrogens is 360 g/mol. The van der Waals surface area contributed by atoms with E-state index in [4.69, 9.17) is 0 Å². The monoisotopic (exact) mass is 388 g/mol. The Morgan fingerprint density at radius 3 is 2.41 bits per heavy atom. The lowest BCUT2D eigenvalue weighted by molar-refractivity contribution is 0.0607. The Hall–Kier alpha value is -1.85. The molecule has 2 aliphatic heterocycles. The number of nitrogens with one attached hydrogen (secondary N) is 1. The summed E-state index contributed by atoms with van der Waals surface area (Å²) in [6.45, 7) is 8.84. The van der Waals surface area contributed by atoms with E-state index in [0.29, 0.717) is 5.41 Å². The highest BCUT2D eigenvalue weighted by molar-refractivity contribution is 5.94. The Labute approximate surface area is 167 Å². The molecule has 0 saturated carbocycles. The Bertz CT molecular complexity index is 783. The quantitative estimate of drug-likeness (QED) is 0.878. The predicted molar refractivity (Wildman–Crippen MR) is 110 cm³/mol. The molecule has 1 N–H and O–H groups in total. The highest BCUT2D eigenvalue weighted by atomic mass is 35.5. The molecule has 1 amide bonds. The van der Waals surface area contributed by atoms with Crippen LogP contribution in [-0.2, 0) is 6.54 Å². The van der Waals surface area contributed by atoms with Crippen LogP contribution < -0.4 is 5.32 Å². The third kappa shape index (κ3) is 4.19. The van der Waals surface area contributed by atoms with Crippen molar-refractivity contribution in [1.82, 2.24) is 20.0 Å². The Kier molecular flexibility index (Phi) is 5.92. The summed E-state index contributed by atoms with van der Waals surface area (Å²) in [5, 5.41) is 7.99. The van der Waals surface area contributed by atoms with Crippen molar-refractivity contribution in [3.8, 4) is 0 Å². The minimum Gasteiger partial charge on any atom is -0.339 e. The van der Waals surface area contributed by atoms with Crippen molar-refractivity contribution in [2.45, 2.75) is 39.7 Å². The minimum atomic E-state index is 0. The molecule has 0 atom stereocenters. The van der Waals surface area contributed by atoms with Crippen molar-refractivity contribution in [1.29, 1.82) is 0 Å². The molecular formula is C21H29ClN4O. The summed E-state index contributed by atoms with van der Waals surface area (Å²) in [6, 6.07) is 10.1. The van der Waals surface area contributed by atoms with Crippen LogP contribution in [0, 0.1) is 19.3 Å². The van der Waals surface area contributed by atoms with Crippen LogP contribution in [0.1, 0.15) is 46.6 Å². The lowest BCUT2D eigenvalue weighted by Gasteiger charge is -2.38. The summed E-state index contributed by atoms with van der Waals surface area (Å²) in [5.74, 6) is 0.170. The third-order valence-electron chi connectivity index (χ3n) is 6.08. The van der Waals surface area contributed by atoms with E-state index < -0.39 is 0 Å². The zero-order chi connectivity index (χ0) is 18.1. The molecule has 5 nitrogen and oxygen atoms in total. The normalized spacial score (nSPS) is 18.5. The molecule has 2 fully saturated rings. The van der Waals surface area contributed by atoms with Crippen LogP contribution in [0.3, 0.4) is 0 Å². The number of carbonyl (C=O) groups is 1. The highest BCUT2D eigenvalue weighted by Crippen LogP contribution is 2.37. The number of halogens is 1. The number of carbonyl (C=O) groups excluding carboxylic acids is 1. The second-order valence-electron chi connectivity index (χ2n) is 8.00. The number of aromatic nitrogens is 2. The highest BCUT2D eigenvalue weighted by Gasteiger charge is 2.38. The van der Waals surface area contributed by atoms with E-state index in [1.165, 1.54) is 12.0 Å². The van der Waals surface area contributed by atoms with Gasteiger partial charge in [-0.15, -0.1) is 12.4 Å². The van der Waals surface area contributed by atoms with E-state index in [-0.39, 0.29) is 18.3 Å². The van der Waals surface area contributed by atoms with Crippen LogP contribution >= 0.6 is 12.4 Å². The molecule has 1 spiro atoms. The van der Waals surface area contributed by atoms with Crippen LogP contribution in [0.15, 0.2) is 30.3 Å². The number of amides is 1. The molecule has 4 rings (SSSR count). The van der Waals surface area contributed by atoms with E-state index in [1.807, 2.05) is 28.6 Å². The van der Waals surface area contributed by atoms with Gasteiger partial charge >= 0.3 is 0 Å². The number of likely N-dealkylation sites (tertiary alicyclic amines) is 1. The number of benzene rings is 1. The van der Waals surface area contributed by atoms with Gasteiger partial charge in [0.2, 0.25) is 0 Å². The maximum atomic E-state index is 12.8. The first-order valence-electron chi connectivity index (χ1n) is 9.65. The van der Waals surface area contributed by atoms with Gasteiger partial charge in [-0.2, -0.15) is 5.10 Å². The average Bonchev–Trinajstić information content (AvgIpc) is 3.22. The first-order valence-corrected chi connectivity index (χ1v) is 9.65. The van der Waals surface area contributed by atoms with Gasteiger partial charge in [-0.25, -0.2) is 0 Å². The van der Waals surface area contributed by atoms with Crippen LogP contribution in [0.25, 0.3) is 0 Å². The molecule has 6 heteroatoms. The number of rotatable bonds is 3. The van der Waals surface area contributed by atoms with Crippen LogP contribution in [0.4, 0.5) is 0 Å². The summed E-state index contributed by atoms with van der Waals surface area (Å²) in [4.78, 5) is 14.9. The maximum absolute atomic E-state index is 12.8. The minimum absolute atomic E-state index is 0. The zero-order valence-electron chi connectivity index (χ0n) is 16.2. The van der Waals surface area contributed by atoms with Crippen LogP contribution in [0.5, 0.6) is 0 Å². The van der Waals surface area contributed by atoms with Crippen molar-refractivity contribution >= 4 is 18.3 Å². The van der Waals surface area contributed by atoms with E-state index in [1.54, 1.807) is 0 Å². The molecule has 2 aromatic rings. The molecule has 1 aromatic carbocycles. The van der Waals surface area contributed by atoms with Crippen molar-refractivity contribution in [3.63, 3.8) is 0 Å². The van der Waals surface area contributed by atoms with Gasteiger partial charge in [0, 0.05) is 30.9 Å². The van der Waals surface area contributed by atoms with Crippen molar-refractivity contribution in [3.05, 3.63) is 52.8 Å². The van der Waals surface area contributed by atoms with Crippen LogP contribution in [0.2, 0.25) is 0 Å². The molecule has 146 valence electrons. The lowest BCUT2D eigenvalue weighted by atomic mass is 9.78. The topological polar surface area (TPSA) is 50.2 Å². The van der Waals surface area contributed by atoms with Gasteiger partial charge in [0.05, 0.1) is 12.2 Å². The molecule has 3 heterocycles. The molecule has 1 aromatic heterocycles. The largest absolute Gasteiger partial charge is 0.339 e. The number of piperidine rings is 1. The lowest BCUT2D eigenvalue weighted by Crippen LogP contribution is -2.44. The molecule has 27 heavy (non-hydrogen) atoms. The van der Waals surface area contributed by atoms with Gasteiger partial charge < -0.3 is 10.2 Å². The molecule has 2 saturated heterocycles. The Morgan fingerprint density at radius 1 is 1.15 bits per heavy atom. The SMILES string of the molecule is Cc1cc(C)n(Cc2ccc(C(=O)N3CCC4(CCNC4)CC3)cc2)n1.Cl. The zero-order valence-corrected chi connectivity index (χ0v) is 17.0. The fraction of sp³-hybridized carbons (Fsp3) is 0.524. The Balaban J connectivity index is 0.00000210. The number of aryl methyl sites for hydroxylation is 2. The summed E-state index contributed by atoms with van der Waals surface area (Å²) in [5.41, 5.74) is 4.60. The summed E-state index contributed by atoms with van der Waals surface area (Å²) < 4.78 is 2.01. The molecule has 0 aliphatic carbocycles. The van der Waals surface area contributed by atoms with Crippen molar-refractivity contribution in [2.75, 3.05) is 26.2 Å². The van der Waals surface area contributed by atoms with Gasteiger partial charge in [0.15, 0.2) is 0 Å². The second kappa shape index (κ2) is 8.03. The van der Waals surface area contributed by atoms with Crippen LogP contribution in [-0.4, -0.2) is 46.8 Å². The predicted octanol–water partition coefficient (Wildman–Crippen LogP) is 3.19. The van der Waals surface area contributed by atoms with Gasteiger partial charge in [0.25, 0.3) is 5.91 Å². The standard InChI is InChI=1S/C21H28N4O.ClH/c1-16-13-17(2)25(23-16)14-18-3-5-19(6-4-18)20(26)24-11-8-21(9-12-24)7-10-22-15-21;/h3-6,13,22H,7-12,14-15H2,1-2H3;1H. The van der Waals surface area contributed by atoms with Crippen molar-refractivity contribution < 1.29 is 4.79 Å². The molecule has 0 bridgehead atoms. The smallest absolute Gasteiger partial charge is 0.253 e. The van der Waals surface area contributed by atoms with Gasteiger partial charge in [0.1, 0.15) is 0 Å².